The molecule has 2 aromatic heterocycles. The van der Waals surface area contributed by atoms with Crippen LogP contribution in [0.25, 0.3) is 0 Å². The molecular formula is C16H20FN5O2. The fraction of sp³-hybridized carbons (Fsp3) is 0.438. The molecule has 2 aromatic rings. The summed E-state index contributed by atoms with van der Waals surface area (Å²) in [6.07, 6.45) is 5.99. The second-order valence-corrected chi connectivity index (χ2v) is 5.81. The maximum atomic E-state index is 13.8. The molecule has 2 N–H and O–H groups in total. The van der Waals surface area contributed by atoms with Gasteiger partial charge in [0.25, 0.3) is 0 Å². The van der Waals surface area contributed by atoms with Crippen LogP contribution in [-0.2, 0) is 13.1 Å². The highest BCUT2D eigenvalue weighted by Gasteiger charge is 2.32. The second-order valence-electron chi connectivity index (χ2n) is 5.81. The number of nitrogens with one attached hydrogen (secondary N) is 2. The van der Waals surface area contributed by atoms with Gasteiger partial charge < -0.3 is 15.1 Å². The van der Waals surface area contributed by atoms with Crippen molar-refractivity contribution in [3.8, 4) is 0 Å². The van der Waals surface area contributed by atoms with Crippen molar-refractivity contribution < 1.29 is 13.6 Å². The highest BCUT2D eigenvalue weighted by molar-refractivity contribution is 5.73. The average Bonchev–Trinajstić information content (AvgIpc) is 3.22. The number of alkyl halides is 1. The van der Waals surface area contributed by atoms with E-state index in [9.17, 15) is 9.18 Å². The minimum absolute atomic E-state index is 0.0467. The molecule has 0 radical (unpaired) electrons. The Kier molecular flexibility index (Phi) is 5.37. The van der Waals surface area contributed by atoms with E-state index in [-0.39, 0.29) is 12.1 Å². The third-order valence-corrected chi connectivity index (χ3v) is 3.98. The van der Waals surface area contributed by atoms with Crippen LogP contribution in [0.15, 0.2) is 41.5 Å². The number of halogens is 1. The van der Waals surface area contributed by atoms with Gasteiger partial charge in [0.15, 0.2) is 0 Å². The zero-order chi connectivity index (χ0) is 16.8. The molecular weight excluding hydrogens is 313 g/mol. The number of likely N-dealkylation sites (tertiary alicyclic amines) is 1. The molecule has 1 aliphatic heterocycles. The van der Waals surface area contributed by atoms with E-state index in [1.54, 1.807) is 30.8 Å². The number of urea groups is 1. The lowest BCUT2D eigenvalue weighted by Gasteiger charge is -2.24. The monoisotopic (exact) mass is 333 g/mol. The number of hydrogen-bond donors (Lipinski definition) is 2. The number of furan rings is 1. The zero-order valence-electron chi connectivity index (χ0n) is 13.2. The van der Waals surface area contributed by atoms with Crippen LogP contribution < -0.4 is 10.6 Å². The summed E-state index contributed by atoms with van der Waals surface area (Å²) >= 11 is 0. The summed E-state index contributed by atoms with van der Waals surface area (Å²) in [5, 5.41) is 5.50. The summed E-state index contributed by atoms with van der Waals surface area (Å²) in [5.41, 5.74) is 0.930. The molecule has 0 unspecified atom stereocenters. The van der Waals surface area contributed by atoms with Crippen molar-refractivity contribution >= 4 is 6.03 Å². The molecule has 0 spiro atoms. The van der Waals surface area contributed by atoms with Crippen molar-refractivity contribution in [2.75, 3.05) is 13.1 Å². The molecule has 3 rings (SSSR count). The predicted octanol–water partition coefficient (Wildman–Crippen LogP) is 1.48. The first-order chi connectivity index (χ1) is 11.7. The normalized spacial score (nSPS) is 20.9. The Morgan fingerprint density at radius 2 is 2.21 bits per heavy atom. The first-order valence-electron chi connectivity index (χ1n) is 7.87. The van der Waals surface area contributed by atoms with Crippen molar-refractivity contribution in [1.29, 1.82) is 0 Å². The van der Waals surface area contributed by atoms with Crippen molar-refractivity contribution in [1.82, 2.24) is 25.5 Å². The maximum absolute atomic E-state index is 13.8. The molecule has 0 bridgehead atoms. The van der Waals surface area contributed by atoms with Crippen LogP contribution >= 0.6 is 0 Å². The van der Waals surface area contributed by atoms with Gasteiger partial charge >= 0.3 is 6.03 Å². The summed E-state index contributed by atoms with van der Waals surface area (Å²) in [6, 6.07) is 3.21. The Labute approximate surface area is 139 Å². The number of carbonyl (C=O) groups excluding carboxylic acids is 1. The molecule has 2 amide bonds. The van der Waals surface area contributed by atoms with Crippen molar-refractivity contribution in [3.63, 3.8) is 0 Å². The summed E-state index contributed by atoms with van der Waals surface area (Å²) < 4.78 is 18.9. The van der Waals surface area contributed by atoms with Crippen molar-refractivity contribution in [2.45, 2.75) is 31.7 Å². The van der Waals surface area contributed by atoms with Gasteiger partial charge in [0.2, 0.25) is 0 Å². The lowest BCUT2D eigenvalue weighted by Crippen LogP contribution is -2.43. The number of nitrogens with zero attached hydrogens (tertiary/aromatic N) is 3. The number of rotatable bonds is 6. The Bertz CT molecular complexity index is 637. The Morgan fingerprint density at radius 3 is 2.96 bits per heavy atom. The van der Waals surface area contributed by atoms with Gasteiger partial charge in [-0.3, -0.25) is 4.90 Å². The van der Waals surface area contributed by atoms with E-state index in [1.807, 2.05) is 4.90 Å². The number of amides is 2. The van der Waals surface area contributed by atoms with E-state index >= 15 is 0 Å². The highest BCUT2D eigenvalue weighted by Crippen LogP contribution is 2.21. The third kappa shape index (κ3) is 4.51. The molecule has 1 aliphatic rings. The fourth-order valence-corrected chi connectivity index (χ4v) is 2.83. The number of hydrogen-bond acceptors (Lipinski definition) is 5. The summed E-state index contributed by atoms with van der Waals surface area (Å²) in [5.74, 6) is 0.681. The minimum atomic E-state index is -0.882. The Hall–Kier alpha value is -2.48. The van der Waals surface area contributed by atoms with Gasteiger partial charge in [-0.1, -0.05) is 0 Å². The zero-order valence-corrected chi connectivity index (χ0v) is 13.2. The molecule has 2 atom stereocenters. The molecule has 1 saturated heterocycles. The molecule has 1 fully saturated rings. The summed E-state index contributed by atoms with van der Waals surface area (Å²) in [4.78, 5) is 21.8. The van der Waals surface area contributed by atoms with Gasteiger partial charge in [0.05, 0.1) is 12.8 Å². The third-order valence-electron chi connectivity index (χ3n) is 3.98. The average molecular weight is 333 g/mol. The molecule has 0 aliphatic carbocycles. The van der Waals surface area contributed by atoms with E-state index in [2.05, 4.69) is 20.6 Å². The Balaban J connectivity index is 1.46. The molecule has 8 heteroatoms. The minimum Gasteiger partial charge on any atom is -0.467 e. The van der Waals surface area contributed by atoms with Gasteiger partial charge in [0, 0.05) is 43.6 Å². The van der Waals surface area contributed by atoms with E-state index in [0.717, 1.165) is 5.56 Å². The lowest BCUT2D eigenvalue weighted by molar-refractivity contribution is 0.218. The van der Waals surface area contributed by atoms with E-state index in [0.29, 0.717) is 38.4 Å². The first-order valence-corrected chi connectivity index (χ1v) is 7.87. The van der Waals surface area contributed by atoms with Gasteiger partial charge in [-0.2, -0.15) is 0 Å². The predicted molar refractivity (Wildman–Crippen MR) is 84.7 cm³/mol. The van der Waals surface area contributed by atoms with Gasteiger partial charge in [-0.05, 0) is 18.6 Å². The fourth-order valence-electron chi connectivity index (χ4n) is 2.83. The quantitative estimate of drug-likeness (QED) is 0.837. The SMILES string of the molecule is O=C(NCc1ccco1)NC[C@@H]1C[C@H](F)CN1Cc1cncnc1. The van der Waals surface area contributed by atoms with Gasteiger partial charge in [0.1, 0.15) is 18.3 Å². The second kappa shape index (κ2) is 7.87. The van der Waals surface area contributed by atoms with E-state index in [4.69, 9.17) is 4.42 Å². The number of aromatic nitrogens is 2. The molecule has 3 heterocycles. The van der Waals surface area contributed by atoms with Crippen LogP contribution in [0.5, 0.6) is 0 Å². The van der Waals surface area contributed by atoms with Gasteiger partial charge in [-0.25, -0.2) is 19.2 Å². The maximum Gasteiger partial charge on any atom is 0.315 e. The van der Waals surface area contributed by atoms with Crippen LogP contribution in [-0.4, -0.2) is 46.2 Å². The first kappa shape index (κ1) is 16.4. The molecule has 128 valence electrons. The summed E-state index contributed by atoms with van der Waals surface area (Å²) in [6.45, 7) is 1.63. The Morgan fingerprint density at radius 1 is 1.38 bits per heavy atom. The standard InChI is InChI=1S/C16H20FN5O2/c17-13-4-14(22(10-13)9-12-5-18-11-19-6-12)7-20-16(23)21-8-15-2-1-3-24-15/h1-3,5-6,11,13-14H,4,7-10H2,(H2,20,21,23)/t13-,14-/m0/s1. The van der Waals surface area contributed by atoms with Crippen LogP contribution in [0.4, 0.5) is 9.18 Å². The molecule has 7 nitrogen and oxygen atoms in total. The summed E-state index contributed by atoms with van der Waals surface area (Å²) in [7, 11) is 0. The van der Waals surface area contributed by atoms with E-state index < -0.39 is 6.17 Å². The van der Waals surface area contributed by atoms with Crippen LogP contribution in [0.1, 0.15) is 17.7 Å². The highest BCUT2D eigenvalue weighted by atomic mass is 19.1. The van der Waals surface area contributed by atoms with Crippen LogP contribution in [0.2, 0.25) is 0 Å². The molecule has 0 aromatic carbocycles. The topological polar surface area (TPSA) is 83.3 Å². The van der Waals surface area contributed by atoms with Crippen LogP contribution in [0.3, 0.4) is 0 Å². The largest absolute Gasteiger partial charge is 0.467 e. The van der Waals surface area contributed by atoms with E-state index in [1.165, 1.54) is 6.33 Å². The van der Waals surface area contributed by atoms with Crippen molar-refractivity contribution in [2.24, 2.45) is 0 Å². The molecule has 0 saturated carbocycles. The smallest absolute Gasteiger partial charge is 0.315 e. The molecule has 24 heavy (non-hydrogen) atoms. The van der Waals surface area contributed by atoms with Gasteiger partial charge in [-0.15, -0.1) is 0 Å². The van der Waals surface area contributed by atoms with Crippen LogP contribution in [0, 0.1) is 0 Å². The van der Waals surface area contributed by atoms with Crippen molar-refractivity contribution in [3.05, 3.63) is 48.4 Å². The number of carbonyl (C=O) groups is 1. The lowest BCUT2D eigenvalue weighted by atomic mass is 10.2.